The van der Waals surface area contributed by atoms with Crippen LogP contribution in [0.4, 0.5) is 5.69 Å². The van der Waals surface area contributed by atoms with Gasteiger partial charge in [-0.3, -0.25) is 14.4 Å². The third kappa shape index (κ3) is 4.62. The molecule has 4 aromatic rings. The van der Waals surface area contributed by atoms with Crippen LogP contribution in [0.1, 0.15) is 15.9 Å². The molecule has 0 atom stereocenters. The van der Waals surface area contributed by atoms with Crippen molar-refractivity contribution in [3.63, 3.8) is 0 Å². The van der Waals surface area contributed by atoms with E-state index in [4.69, 9.17) is 9.47 Å². The summed E-state index contributed by atoms with van der Waals surface area (Å²) in [5.74, 6) is 0.448. The Morgan fingerprint density at radius 2 is 1.55 bits per heavy atom. The minimum Gasteiger partial charge on any atom is -0.497 e. The molecule has 0 saturated carbocycles. The van der Waals surface area contributed by atoms with E-state index in [9.17, 15) is 14.4 Å². The largest absolute Gasteiger partial charge is 0.497 e. The van der Waals surface area contributed by atoms with Crippen LogP contribution in [-0.2, 0) is 11.3 Å². The van der Waals surface area contributed by atoms with Crippen LogP contribution in [0.3, 0.4) is 0 Å². The number of hydrogen-bond donors (Lipinski definition) is 1. The van der Waals surface area contributed by atoms with Gasteiger partial charge in [0.2, 0.25) is 11.3 Å². The fraction of sp³-hybridized carbons (Fsp3) is 0.115. The molecule has 1 amide bonds. The summed E-state index contributed by atoms with van der Waals surface area (Å²) < 4.78 is 12.0. The molecular weight excluding hydrogens is 420 g/mol. The number of amides is 1. The number of ketones is 1. The molecule has 7 nitrogen and oxygen atoms in total. The first-order chi connectivity index (χ1) is 16.0. The number of rotatable bonds is 7. The average Bonchev–Trinajstić information content (AvgIpc) is 2.86. The Morgan fingerprint density at radius 3 is 2.21 bits per heavy atom. The highest BCUT2D eigenvalue weighted by molar-refractivity contribution is 6.10. The number of nitrogens with zero attached hydrogens (tertiary/aromatic N) is 1. The number of ether oxygens (including phenoxy) is 2. The standard InChI is InChI=1S/C26H22N2O5/c1-32-19-10-8-18(9-11-19)27-24(29)16-28-15-22(25(30)17-6-4-3-5-7-17)26(31)21-14-20(33-2)12-13-23(21)28/h3-15H,16H2,1-2H3,(H,27,29). The smallest absolute Gasteiger partial charge is 0.244 e. The van der Waals surface area contributed by atoms with E-state index in [1.54, 1.807) is 84.5 Å². The van der Waals surface area contributed by atoms with Crippen molar-refractivity contribution in [2.24, 2.45) is 0 Å². The van der Waals surface area contributed by atoms with Crippen molar-refractivity contribution < 1.29 is 19.1 Å². The number of methoxy groups -OCH3 is 2. The van der Waals surface area contributed by atoms with Crippen molar-refractivity contribution >= 4 is 28.3 Å². The predicted molar refractivity (Wildman–Crippen MR) is 126 cm³/mol. The lowest BCUT2D eigenvalue weighted by Crippen LogP contribution is -2.24. The molecule has 33 heavy (non-hydrogen) atoms. The summed E-state index contributed by atoms with van der Waals surface area (Å²) >= 11 is 0. The lowest BCUT2D eigenvalue weighted by atomic mass is 10.0. The molecule has 0 aliphatic carbocycles. The Bertz CT molecular complexity index is 1380. The quantitative estimate of drug-likeness (QED) is 0.439. The molecule has 4 rings (SSSR count). The number of benzene rings is 3. The second-order valence-corrected chi connectivity index (χ2v) is 7.35. The molecule has 0 aliphatic heterocycles. The monoisotopic (exact) mass is 442 g/mol. The number of hydrogen-bond acceptors (Lipinski definition) is 5. The summed E-state index contributed by atoms with van der Waals surface area (Å²) in [6.45, 7) is -0.0930. The Labute approximate surface area is 190 Å². The van der Waals surface area contributed by atoms with Crippen LogP contribution in [-0.4, -0.2) is 30.5 Å². The molecule has 0 saturated heterocycles. The number of nitrogens with one attached hydrogen (secondary N) is 1. The van der Waals surface area contributed by atoms with E-state index in [1.165, 1.54) is 13.3 Å². The molecular formula is C26H22N2O5. The molecule has 1 N–H and O–H groups in total. The van der Waals surface area contributed by atoms with E-state index in [0.29, 0.717) is 33.7 Å². The van der Waals surface area contributed by atoms with Crippen molar-refractivity contribution in [1.82, 2.24) is 4.57 Å². The van der Waals surface area contributed by atoms with E-state index in [0.717, 1.165) is 0 Å². The summed E-state index contributed by atoms with van der Waals surface area (Å²) in [4.78, 5) is 39.1. The summed E-state index contributed by atoms with van der Waals surface area (Å²) in [7, 11) is 3.07. The van der Waals surface area contributed by atoms with Crippen molar-refractivity contribution in [2.75, 3.05) is 19.5 Å². The predicted octanol–water partition coefficient (Wildman–Crippen LogP) is 3.89. The number of aromatic nitrogens is 1. The normalized spacial score (nSPS) is 10.6. The van der Waals surface area contributed by atoms with Crippen LogP contribution in [0, 0.1) is 0 Å². The zero-order chi connectivity index (χ0) is 23.4. The van der Waals surface area contributed by atoms with Gasteiger partial charge in [0.25, 0.3) is 0 Å². The van der Waals surface area contributed by atoms with Crippen molar-refractivity contribution in [2.45, 2.75) is 6.54 Å². The van der Waals surface area contributed by atoms with Crippen molar-refractivity contribution in [3.8, 4) is 11.5 Å². The molecule has 0 unspecified atom stereocenters. The molecule has 0 spiro atoms. The van der Waals surface area contributed by atoms with Crippen LogP contribution in [0.2, 0.25) is 0 Å². The lowest BCUT2D eigenvalue weighted by molar-refractivity contribution is -0.116. The summed E-state index contributed by atoms with van der Waals surface area (Å²) in [6.07, 6.45) is 1.44. The van der Waals surface area contributed by atoms with Crippen LogP contribution in [0.15, 0.2) is 83.8 Å². The number of pyridine rings is 1. The van der Waals surface area contributed by atoms with Crippen molar-refractivity contribution in [1.29, 1.82) is 0 Å². The summed E-state index contributed by atoms with van der Waals surface area (Å²) in [6, 6.07) is 20.5. The maximum Gasteiger partial charge on any atom is 0.244 e. The van der Waals surface area contributed by atoms with Gasteiger partial charge in [0, 0.05) is 17.4 Å². The van der Waals surface area contributed by atoms with Crippen molar-refractivity contribution in [3.05, 3.63) is 100 Å². The van der Waals surface area contributed by atoms with Crippen LogP contribution in [0.5, 0.6) is 11.5 Å². The van der Waals surface area contributed by atoms with Gasteiger partial charge in [-0.05, 0) is 42.5 Å². The van der Waals surface area contributed by atoms with Gasteiger partial charge in [-0.1, -0.05) is 30.3 Å². The Kier molecular flexibility index (Phi) is 6.22. The Morgan fingerprint density at radius 1 is 0.879 bits per heavy atom. The van der Waals surface area contributed by atoms with Gasteiger partial charge in [0.05, 0.1) is 30.7 Å². The van der Waals surface area contributed by atoms with E-state index in [-0.39, 0.29) is 18.0 Å². The highest BCUT2D eigenvalue weighted by atomic mass is 16.5. The van der Waals surface area contributed by atoms with E-state index in [2.05, 4.69) is 5.32 Å². The first-order valence-corrected chi connectivity index (χ1v) is 10.2. The molecule has 1 heterocycles. The Hall–Kier alpha value is -4.39. The van der Waals surface area contributed by atoms with Gasteiger partial charge in [-0.25, -0.2) is 0 Å². The molecule has 0 radical (unpaired) electrons. The minimum absolute atomic E-state index is 0.0146. The number of anilines is 1. The summed E-state index contributed by atoms with van der Waals surface area (Å²) in [5, 5.41) is 3.12. The van der Waals surface area contributed by atoms with Gasteiger partial charge in [-0.2, -0.15) is 0 Å². The van der Waals surface area contributed by atoms with Crippen LogP contribution in [0.25, 0.3) is 10.9 Å². The van der Waals surface area contributed by atoms with Crippen LogP contribution >= 0.6 is 0 Å². The SMILES string of the molecule is COc1ccc(NC(=O)Cn2cc(C(=O)c3ccccc3)c(=O)c3cc(OC)ccc32)cc1. The number of carbonyl (C=O) groups excluding carboxylic acids is 2. The summed E-state index contributed by atoms with van der Waals surface area (Å²) in [5.41, 5.74) is 1.10. The molecule has 166 valence electrons. The maximum atomic E-state index is 13.2. The van der Waals surface area contributed by atoms with Gasteiger partial charge < -0.3 is 19.4 Å². The van der Waals surface area contributed by atoms with Crippen LogP contribution < -0.4 is 20.2 Å². The molecule has 0 fully saturated rings. The highest BCUT2D eigenvalue weighted by Gasteiger charge is 2.18. The molecule has 3 aromatic carbocycles. The zero-order valence-electron chi connectivity index (χ0n) is 18.2. The number of fused-ring (bicyclic) bond motifs is 1. The Balaban J connectivity index is 1.74. The lowest BCUT2D eigenvalue weighted by Gasteiger charge is -2.14. The fourth-order valence-corrected chi connectivity index (χ4v) is 3.57. The fourth-order valence-electron chi connectivity index (χ4n) is 3.57. The second-order valence-electron chi connectivity index (χ2n) is 7.35. The van der Waals surface area contributed by atoms with Gasteiger partial charge >= 0.3 is 0 Å². The van der Waals surface area contributed by atoms with E-state index in [1.807, 2.05) is 0 Å². The van der Waals surface area contributed by atoms with Gasteiger partial charge in [0.1, 0.15) is 18.0 Å². The highest BCUT2D eigenvalue weighted by Crippen LogP contribution is 2.21. The van der Waals surface area contributed by atoms with Gasteiger partial charge in [-0.15, -0.1) is 0 Å². The molecule has 0 aliphatic rings. The third-order valence-corrected chi connectivity index (χ3v) is 5.26. The minimum atomic E-state index is -0.412. The molecule has 1 aromatic heterocycles. The van der Waals surface area contributed by atoms with E-state index >= 15 is 0 Å². The van der Waals surface area contributed by atoms with Gasteiger partial charge in [0.15, 0.2) is 5.78 Å². The molecule has 0 bridgehead atoms. The zero-order valence-corrected chi connectivity index (χ0v) is 18.2. The molecule has 7 heteroatoms. The average molecular weight is 442 g/mol. The third-order valence-electron chi connectivity index (χ3n) is 5.26. The first kappa shape index (κ1) is 21.8. The second kappa shape index (κ2) is 9.40. The number of carbonyl (C=O) groups is 2. The maximum absolute atomic E-state index is 13.2. The topological polar surface area (TPSA) is 86.6 Å². The first-order valence-electron chi connectivity index (χ1n) is 10.2. The van der Waals surface area contributed by atoms with E-state index < -0.39 is 11.2 Å².